The molecule has 0 saturated carbocycles. The van der Waals surface area contributed by atoms with Crippen molar-refractivity contribution in [3.63, 3.8) is 0 Å². The molecule has 1 rings (SSSR count). The quantitative estimate of drug-likeness (QED) is 0.604. The van der Waals surface area contributed by atoms with Crippen LogP contribution in [-0.2, 0) is 0 Å². The molecule has 1 aromatic carbocycles. The zero-order chi connectivity index (χ0) is 17.6. The highest BCUT2D eigenvalue weighted by Crippen LogP contribution is 2.15. The second kappa shape index (κ2) is 12.6. The highest BCUT2D eigenvalue weighted by atomic mass is 16.5. The van der Waals surface area contributed by atoms with Crippen molar-refractivity contribution in [2.45, 2.75) is 46.5 Å². The molecule has 1 aromatic rings. The summed E-state index contributed by atoms with van der Waals surface area (Å²) in [6.45, 7) is 10.8. The van der Waals surface area contributed by atoms with Gasteiger partial charge in [-0.1, -0.05) is 26.7 Å². The third kappa shape index (κ3) is 8.77. The number of hydrogen-bond acceptors (Lipinski definition) is 3. The number of benzene rings is 1. The van der Waals surface area contributed by atoms with E-state index in [1.54, 1.807) is 0 Å². The van der Waals surface area contributed by atoms with Crippen molar-refractivity contribution in [2.75, 3.05) is 38.1 Å². The van der Waals surface area contributed by atoms with Gasteiger partial charge in [-0.15, -0.1) is 0 Å². The van der Waals surface area contributed by atoms with Gasteiger partial charge < -0.3 is 20.3 Å². The van der Waals surface area contributed by atoms with E-state index in [9.17, 15) is 4.79 Å². The van der Waals surface area contributed by atoms with Gasteiger partial charge in [0.05, 0.1) is 6.61 Å². The Balaban J connectivity index is 2.30. The molecule has 2 amide bonds. The summed E-state index contributed by atoms with van der Waals surface area (Å²) in [7, 11) is 0. The van der Waals surface area contributed by atoms with E-state index in [0.29, 0.717) is 13.2 Å². The van der Waals surface area contributed by atoms with Gasteiger partial charge >= 0.3 is 6.03 Å². The monoisotopic (exact) mass is 335 g/mol. The summed E-state index contributed by atoms with van der Waals surface area (Å²) in [4.78, 5) is 14.4. The summed E-state index contributed by atoms with van der Waals surface area (Å²) in [5, 5.41) is 5.78. The predicted molar refractivity (Wildman–Crippen MR) is 101 cm³/mol. The summed E-state index contributed by atoms with van der Waals surface area (Å²) in [6.07, 6.45) is 4.83. The molecule has 0 atom stereocenters. The molecule has 0 aromatic heterocycles. The van der Waals surface area contributed by atoms with Gasteiger partial charge in [0.15, 0.2) is 0 Å². The van der Waals surface area contributed by atoms with Crippen LogP contribution in [0.3, 0.4) is 0 Å². The van der Waals surface area contributed by atoms with Gasteiger partial charge in [0.2, 0.25) is 0 Å². The largest absolute Gasteiger partial charge is 0.494 e. The average molecular weight is 335 g/mol. The third-order valence-electron chi connectivity index (χ3n) is 3.79. The van der Waals surface area contributed by atoms with E-state index < -0.39 is 0 Å². The molecule has 5 heteroatoms. The Hall–Kier alpha value is -1.75. The topological polar surface area (TPSA) is 53.6 Å². The van der Waals surface area contributed by atoms with E-state index in [0.717, 1.165) is 31.1 Å². The molecule has 0 heterocycles. The van der Waals surface area contributed by atoms with Crippen molar-refractivity contribution in [2.24, 2.45) is 0 Å². The van der Waals surface area contributed by atoms with E-state index in [4.69, 9.17) is 4.74 Å². The van der Waals surface area contributed by atoms with Crippen LogP contribution in [0, 0.1) is 0 Å². The molecule has 0 fully saturated rings. The number of unbranched alkanes of at least 4 members (excludes halogenated alkanes) is 2. The predicted octanol–water partition coefficient (Wildman–Crippen LogP) is 4.11. The maximum Gasteiger partial charge on any atom is 0.319 e. The lowest BCUT2D eigenvalue weighted by Gasteiger charge is -2.22. The molecule has 0 aliphatic heterocycles. The summed E-state index contributed by atoms with van der Waals surface area (Å²) < 4.78 is 5.39. The normalized spacial score (nSPS) is 10.7. The smallest absolute Gasteiger partial charge is 0.319 e. The number of carbonyl (C=O) groups is 1. The summed E-state index contributed by atoms with van der Waals surface area (Å²) >= 11 is 0. The van der Waals surface area contributed by atoms with Crippen LogP contribution < -0.4 is 15.4 Å². The number of urea groups is 1. The first-order valence-corrected chi connectivity index (χ1v) is 9.19. The molecule has 0 unspecified atom stereocenters. The highest BCUT2D eigenvalue weighted by molar-refractivity contribution is 5.89. The van der Waals surface area contributed by atoms with Crippen molar-refractivity contribution >= 4 is 11.7 Å². The number of anilines is 1. The van der Waals surface area contributed by atoms with Crippen LogP contribution in [0.15, 0.2) is 24.3 Å². The lowest BCUT2D eigenvalue weighted by Crippen LogP contribution is -2.37. The molecule has 0 bridgehead atoms. The molecule has 0 spiro atoms. The van der Waals surface area contributed by atoms with Crippen molar-refractivity contribution in [1.82, 2.24) is 10.2 Å². The molecule has 2 N–H and O–H groups in total. The number of ether oxygens (including phenoxy) is 1. The Morgan fingerprint density at radius 3 is 2.17 bits per heavy atom. The van der Waals surface area contributed by atoms with Gasteiger partial charge in [-0.25, -0.2) is 4.79 Å². The standard InChI is InChI=1S/C19H33N3O2/c1-4-7-14-22(15-8-5-2)16-13-20-19(23)21-17-9-11-18(12-10-17)24-6-3/h9-12H,4-8,13-16H2,1-3H3,(H2,20,21,23). The second-order valence-electron chi connectivity index (χ2n) is 5.89. The molecule has 0 aliphatic carbocycles. The lowest BCUT2D eigenvalue weighted by atomic mass is 10.2. The Morgan fingerprint density at radius 1 is 1.00 bits per heavy atom. The van der Waals surface area contributed by atoms with Crippen LogP contribution in [-0.4, -0.2) is 43.7 Å². The molecular weight excluding hydrogens is 302 g/mol. The summed E-state index contributed by atoms with van der Waals surface area (Å²) in [5.41, 5.74) is 0.768. The molecule has 136 valence electrons. The van der Waals surface area contributed by atoms with Crippen LogP contribution in [0.25, 0.3) is 0 Å². The second-order valence-corrected chi connectivity index (χ2v) is 5.89. The lowest BCUT2D eigenvalue weighted by molar-refractivity contribution is 0.243. The maximum atomic E-state index is 12.0. The molecule has 5 nitrogen and oxygen atoms in total. The van der Waals surface area contributed by atoms with Crippen LogP contribution in [0.5, 0.6) is 5.75 Å². The molecule has 24 heavy (non-hydrogen) atoms. The molecular formula is C19H33N3O2. The fraction of sp³-hybridized carbons (Fsp3) is 0.632. The Morgan fingerprint density at radius 2 is 1.62 bits per heavy atom. The van der Waals surface area contributed by atoms with Gasteiger partial charge in [0, 0.05) is 18.8 Å². The van der Waals surface area contributed by atoms with Gasteiger partial charge in [-0.3, -0.25) is 0 Å². The third-order valence-corrected chi connectivity index (χ3v) is 3.79. The maximum absolute atomic E-state index is 12.0. The Kier molecular flexibility index (Phi) is 10.7. The van der Waals surface area contributed by atoms with Crippen molar-refractivity contribution in [1.29, 1.82) is 0 Å². The van der Waals surface area contributed by atoms with Gasteiger partial charge in [0.1, 0.15) is 5.75 Å². The fourth-order valence-corrected chi connectivity index (χ4v) is 2.40. The number of carbonyl (C=O) groups excluding carboxylic acids is 1. The molecule has 0 radical (unpaired) electrons. The van der Waals surface area contributed by atoms with E-state index in [-0.39, 0.29) is 6.03 Å². The average Bonchev–Trinajstić information content (AvgIpc) is 2.59. The number of hydrogen-bond donors (Lipinski definition) is 2. The van der Waals surface area contributed by atoms with Crippen molar-refractivity contribution in [3.8, 4) is 5.75 Å². The van der Waals surface area contributed by atoms with Crippen molar-refractivity contribution < 1.29 is 9.53 Å². The highest BCUT2D eigenvalue weighted by Gasteiger charge is 2.06. The number of amides is 2. The van der Waals surface area contributed by atoms with Crippen LogP contribution in [0.1, 0.15) is 46.5 Å². The van der Waals surface area contributed by atoms with E-state index in [2.05, 4.69) is 29.4 Å². The van der Waals surface area contributed by atoms with Crippen molar-refractivity contribution in [3.05, 3.63) is 24.3 Å². The molecule has 0 saturated heterocycles. The zero-order valence-electron chi connectivity index (χ0n) is 15.4. The zero-order valence-corrected chi connectivity index (χ0v) is 15.4. The van der Waals surface area contributed by atoms with Gasteiger partial charge in [-0.2, -0.15) is 0 Å². The van der Waals surface area contributed by atoms with Gasteiger partial charge in [0.25, 0.3) is 0 Å². The summed E-state index contributed by atoms with van der Waals surface area (Å²) in [6, 6.07) is 7.25. The van der Waals surface area contributed by atoms with Crippen LogP contribution in [0.4, 0.5) is 10.5 Å². The number of nitrogens with zero attached hydrogens (tertiary/aromatic N) is 1. The Bertz CT molecular complexity index is 440. The van der Waals surface area contributed by atoms with Crippen LogP contribution >= 0.6 is 0 Å². The van der Waals surface area contributed by atoms with Gasteiger partial charge in [-0.05, 0) is 57.1 Å². The fourth-order valence-electron chi connectivity index (χ4n) is 2.40. The number of nitrogens with one attached hydrogen (secondary N) is 2. The SMILES string of the molecule is CCCCN(CCCC)CCNC(=O)Nc1ccc(OCC)cc1. The minimum absolute atomic E-state index is 0.162. The van der Waals surface area contributed by atoms with E-state index in [1.807, 2.05) is 31.2 Å². The Labute approximate surface area is 146 Å². The van der Waals surface area contributed by atoms with E-state index in [1.165, 1.54) is 25.7 Å². The minimum atomic E-state index is -0.162. The first kappa shape index (κ1) is 20.3. The first-order chi connectivity index (χ1) is 11.7. The molecule has 0 aliphatic rings. The van der Waals surface area contributed by atoms with E-state index >= 15 is 0 Å². The minimum Gasteiger partial charge on any atom is -0.494 e. The summed E-state index contributed by atoms with van der Waals surface area (Å²) in [5.74, 6) is 0.811. The first-order valence-electron chi connectivity index (χ1n) is 9.19. The number of rotatable bonds is 12. The van der Waals surface area contributed by atoms with Crippen LogP contribution in [0.2, 0.25) is 0 Å².